The maximum Gasteiger partial charge on any atom is 0.257 e. The molecule has 1 amide bonds. The number of hydrogen-bond donors (Lipinski definition) is 0. The average Bonchev–Trinajstić information content (AvgIpc) is 2.45. The van der Waals surface area contributed by atoms with E-state index in [4.69, 9.17) is 0 Å². The van der Waals surface area contributed by atoms with Crippen molar-refractivity contribution in [3.8, 4) is 0 Å². The molecule has 1 aliphatic heterocycles. The molecule has 1 atom stereocenters. The van der Waals surface area contributed by atoms with Gasteiger partial charge in [-0.15, -0.1) is 0 Å². The van der Waals surface area contributed by atoms with Crippen LogP contribution in [-0.4, -0.2) is 58.9 Å². The Morgan fingerprint density at radius 2 is 2.14 bits per heavy atom. The number of likely N-dealkylation sites (tertiary alicyclic amines) is 1. The molecule has 21 heavy (non-hydrogen) atoms. The highest BCUT2D eigenvalue weighted by molar-refractivity contribution is 5.95. The molecular formula is C16H26N4O. The van der Waals surface area contributed by atoms with E-state index in [1.165, 1.54) is 6.42 Å². The highest BCUT2D eigenvalue weighted by Gasteiger charge is 2.28. The number of carbonyl (C=O) groups excluding carboxylic acids is 1. The molecule has 0 radical (unpaired) electrons. The molecule has 2 heterocycles. The lowest BCUT2D eigenvalue weighted by Gasteiger charge is -2.36. The standard InChI is InChI=1S/C16H26N4O/c1-12-15(11-17-13(2)18-12)16(21)20-9-6-5-7-14(20)8-10-19(3)4/h11,14H,5-10H2,1-4H3. The third kappa shape index (κ3) is 4.00. The minimum absolute atomic E-state index is 0.0935. The maximum atomic E-state index is 12.8. The van der Waals surface area contributed by atoms with Crippen molar-refractivity contribution >= 4 is 5.91 Å². The summed E-state index contributed by atoms with van der Waals surface area (Å²) in [6.07, 6.45) is 6.12. The maximum absolute atomic E-state index is 12.8. The third-order valence-corrected chi connectivity index (χ3v) is 4.13. The Morgan fingerprint density at radius 3 is 2.81 bits per heavy atom. The van der Waals surface area contributed by atoms with Crippen molar-refractivity contribution in [2.75, 3.05) is 27.2 Å². The molecule has 0 spiro atoms. The van der Waals surface area contributed by atoms with Crippen molar-refractivity contribution in [2.45, 2.75) is 45.6 Å². The van der Waals surface area contributed by atoms with E-state index in [-0.39, 0.29) is 5.91 Å². The highest BCUT2D eigenvalue weighted by atomic mass is 16.2. The van der Waals surface area contributed by atoms with Crippen molar-refractivity contribution in [1.82, 2.24) is 19.8 Å². The molecule has 0 aromatic carbocycles. The van der Waals surface area contributed by atoms with E-state index in [9.17, 15) is 4.79 Å². The van der Waals surface area contributed by atoms with Crippen LogP contribution in [0.25, 0.3) is 0 Å². The van der Waals surface area contributed by atoms with E-state index in [1.807, 2.05) is 18.7 Å². The summed E-state index contributed by atoms with van der Waals surface area (Å²) in [6, 6.07) is 0.342. The molecule has 2 rings (SSSR count). The van der Waals surface area contributed by atoms with Gasteiger partial charge in [-0.1, -0.05) is 0 Å². The molecule has 0 bridgehead atoms. The number of rotatable bonds is 4. The van der Waals surface area contributed by atoms with Gasteiger partial charge in [-0.05, 0) is 60.2 Å². The lowest BCUT2D eigenvalue weighted by molar-refractivity contribution is 0.0589. The van der Waals surface area contributed by atoms with Crippen LogP contribution in [0.5, 0.6) is 0 Å². The van der Waals surface area contributed by atoms with Gasteiger partial charge in [0, 0.05) is 18.8 Å². The number of piperidine rings is 1. The van der Waals surface area contributed by atoms with Crippen molar-refractivity contribution in [1.29, 1.82) is 0 Å². The van der Waals surface area contributed by atoms with Gasteiger partial charge in [-0.25, -0.2) is 9.97 Å². The lowest BCUT2D eigenvalue weighted by Crippen LogP contribution is -2.45. The summed E-state index contributed by atoms with van der Waals surface area (Å²) in [5.41, 5.74) is 1.43. The van der Waals surface area contributed by atoms with Gasteiger partial charge in [0.1, 0.15) is 5.82 Å². The van der Waals surface area contributed by atoms with E-state index >= 15 is 0 Å². The third-order valence-electron chi connectivity index (χ3n) is 4.13. The van der Waals surface area contributed by atoms with Crippen LogP contribution in [0.15, 0.2) is 6.20 Å². The summed E-state index contributed by atoms with van der Waals surface area (Å²) in [5.74, 6) is 0.808. The quantitative estimate of drug-likeness (QED) is 0.851. The van der Waals surface area contributed by atoms with Gasteiger partial charge in [0.2, 0.25) is 0 Å². The Labute approximate surface area is 127 Å². The van der Waals surface area contributed by atoms with E-state index < -0.39 is 0 Å². The van der Waals surface area contributed by atoms with E-state index in [0.717, 1.165) is 38.0 Å². The number of aromatic nitrogens is 2. The Morgan fingerprint density at radius 1 is 1.38 bits per heavy atom. The smallest absolute Gasteiger partial charge is 0.257 e. The molecule has 1 aromatic rings. The SMILES string of the molecule is Cc1ncc(C(=O)N2CCCCC2CCN(C)C)c(C)n1. The second-order valence-electron chi connectivity index (χ2n) is 6.16. The minimum Gasteiger partial charge on any atom is -0.336 e. The number of carbonyl (C=O) groups is 1. The topological polar surface area (TPSA) is 49.3 Å². The van der Waals surface area contributed by atoms with E-state index in [2.05, 4.69) is 29.0 Å². The zero-order valence-electron chi connectivity index (χ0n) is 13.6. The van der Waals surface area contributed by atoms with Crippen LogP contribution in [0.2, 0.25) is 0 Å². The van der Waals surface area contributed by atoms with E-state index in [1.54, 1.807) is 6.20 Å². The van der Waals surface area contributed by atoms with Crippen LogP contribution in [0, 0.1) is 13.8 Å². The highest BCUT2D eigenvalue weighted by Crippen LogP contribution is 2.22. The number of nitrogens with zero attached hydrogens (tertiary/aromatic N) is 4. The predicted octanol–water partition coefficient (Wildman–Crippen LogP) is 2.04. The zero-order chi connectivity index (χ0) is 15.4. The summed E-state index contributed by atoms with van der Waals surface area (Å²) in [7, 11) is 4.15. The summed E-state index contributed by atoms with van der Waals surface area (Å²) in [4.78, 5) is 25.5. The zero-order valence-corrected chi connectivity index (χ0v) is 13.6. The van der Waals surface area contributed by atoms with Gasteiger partial charge < -0.3 is 9.80 Å². The Bertz CT molecular complexity index is 501. The van der Waals surface area contributed by atoms with Crippen LogP contribution >= 0.6 is 0 Å². The minimum atomic E-state index is 0.0935. The van der Waals surface area contributed by atoms with Gasteiger partial charge in [0.05, 0.1) is 11.3 Å². The van der Waals surface area contributed by atoms with Crippen LogP contribution in [0.3, 0.4) is 0 Å². The van der Waals surface area contributed by atoms with Gasteiger partial charge in [-0.3, -0.25) is 4.79 Å². The van der Waals surface area contributed by atoms with E-state index in [0.29, 0.717) is 17.4 Å². The molecule has 1 aromatic heterocycles. The fourth-order valence-corrected chi connectivity index (χ4v) is 2.92. The van der Waals surface area contributed by atoms with Gasteiger partial charge >= 0.3 is 0 Å². The monoisotopic (exact) mass is 290 g/mol. The van der Waals surface area contributed by atoms with Gasteiger partial charge in [0.15, 0.2) is 0 Å². The summed E-state index contributed by atoms with van der Waals surface area (Å²) < 4.78 is 0. The number of amides is 1. The molecule has 0 aliphatic carbocycles. The van der Waals surface area contributed by atoms with Crippen molar-refractivity contribution in [3.05, 3.63) is 23.3 Å². The Kier molecular flexibility index (Phi) is 5.28. The molecule has 116 valence electrons. The average molecular weight is 290 g/mol. The largest absolute Gasteiger partial charge is 0.336 e. The molecule has 1 aliphatic rings. The fraction of sp³-hybridized carbons (Fsp3) is 0.688. The Hall–Kier alpha value is -1.49. The molecule has 5 heteroatoms. The van der Waals surface area contributed by atoms with Crippen molar-refractivity contribution < 1.29 is 4.79 Å². The summed E-state index contributed by atoms with van der Waals surface area (Å²) in [5, 5.41) is 0. The first-order chi connectivity index (χ1) is 9.99. The molecule has 1 unspecified atom stereocenters. The lowest BCUT2D eigenvalue weighted by atomic mass is 9.98. The second kappa shape index (κ2) is 6.98. The van der Waals surface area contributed by atoms with Crippen LogP contribution in [-0.2, 0) is 0 Å². The van der Waals surface area contributed by atoms with Gasteiger partial charge in [-0.2, -0.15) is 0 Å². The first-order valence-electron chi connectivity index (χ1n) is 7.75. The molecule has 1 fully saturated rings. The molecule has 1 saturated heterocycles. The van der Waals surface area contributed by atoms with Gasteiger partial charge in [0.25, 0.3) is 5.91 Å². The van der Waals surface area contributed by atoms with Crippen LogP contribution < -0.4 is 0 Å². The second-order valence-corrected chi connectivity index (χ2v) is 6.16. The summed E-state index contributed by atoms with van der Waals surface area (Å²) >= 11 is 0. The number of hydrogen-bond acceptors (Lipinski definition) is 4. The van der Waals surface area contributed by atoms with Crippen molar-refractivity contribution in [2.24, 2.45) is 0 Å². The molecule has 0 saturated carbocycles. The molecular weight excluding hydrogens is 264 g/mol. The first-order valence-corrected chi connectivity index (χ1v) is 7.75. The van der Waals surface area contributed by atoms with Crippen molar-refractivity contribution in [3.63, 3.8) is 0 Å². The molecule has 0 N–H and O–H groups in total. The first kappa shape index (κ1) is 15.9. The predicted molar refractivity (Wildman–Crippen MR) is 83.4 cm³/mol. The van der Waals surface area contributed by atoms with Crippen LogP contribution in [0.1, 0.15) is 47.6 Å². The number of aryl methyl sites for hydroxylation is 2. The molecule has 5 nitrogen and oxygen atoms in total. The summed E-state index contributed by atoms with van der Waals surface area (Å²) in [6.45, 7) is 5.60. The normalized spacial score (nSPS) is 19.1. The Balaban J connectivity index is 2.14. The fourth-order valence-electron chi connectivity index (χ4n) is 2.92. The van der Waals surface area contributed by atoms with Crippen LogP contribution in [0.4, 0.5) is 0 Å².